The predicted octanol–water partition coefficient (Wildman–Crippen LogP) is 0.759. The molecule has 2 N–H and O–H groups in total. The highest BCUT2D eigenvalue weighted by Gasteiger charge is 1.99. The van der Waals surface area contributed by atoms with Crippen molar-refractivity contribution in [2.45, 2.75) is 19.9 Å². The molecule has 0 saturated carbocycles. The van der Waals surface area contributed by atoms with Gasteiger partial charge in [0.1, 0.15) is 0 Å². The molecule has 1 amide bonds. The topological polar surface area (TPSA) is 54.0 Å². The third-order valence-corrected chi connectivity index (χ3v) is 2.42. The number of rotatable bonds is 6. The monoisotopic (exact) mass is 213 g/mol. The van der Waals surface area contributed by atoms with Crippen LogP contribution in [0.5, 0.6) is 0 Å². The summed E-state index contributed by atoms with van der Waals surface area (Å²) in [5.74, 6) is 0.0522. The van der Waals surface area contributed by atoms with E-state index in [2.05, 4.69) is 15.6 Å². The van der Waals surface area contributed by atoms with E-state index in [0.29, 0.717) is 13.1 Å². The molecule has 0 saturated heterocycles. The fourth-order valence-electron chi connectivity index (χ4n) is 0.956. The van der Waals surface area contributed by atoms with Gasteiger partial charge in [0.25, 0.3) is 0 Å². The van der Waals surface area contributed by atoms with Crippen LogP contribution >= 0.6 is 11.3 Å². The Balaban J connectivity index is 2.06. The lowest BCUT2D eigenvalue weighted by molar-refractivity contribution is -0.120. The average molecular weight is 213 g/mol. The molecule has 1 heterocycles. The average Bonchev–Trinajstić information content (AvgIpc) is 2.67. The summed E-state index contributed by atoms with van der Waals surface area (Å²) in [6, 6.07) is 0. The molecule has 4 nitrogen and oxygen atoms in total. The molecule has 5 heteroatoms. The van der Waals surface area contributed by atoms with Crippen LogP contribution in [0, 0.1) is 0 Å². The summed E-state index contributed by atoms with van der Waals surface area (Å²) in [6.07, 6.45) is 2.78. The third kappa shape index (κ3) is 4.34. The normalized spacial score (nSPS) is 10.1. The van der Waals surface area contributed by atoms with E-state index < -0.39 is 0 Å². The predicted molar refractivity (Wildman–Crippen MR) is 57.1 cm³/mol. The molecule has 0 aliphatic heterocycles. The highest BCUT2D eigenvalue weighted by atomic mass is 32.1. The second kappa shape index (κ2) is 6.50. The van der Waals surface area contributed by atoms with Gasteiger partial charge in [0.2, 0.25) is 5.91 Å². The molecule has 0 aromatic carbocycles. The molecule has 14 heavy (non-hydrogen) atoms. The standard InChI is InChI=1S/C9H15N3OS/c1-2-3-12-9(13)6-10-4-8-5-11-7-14-8/h5,7,10H,2-4,6H2,1H3,(H,12,13). The van der Waals surface area contributed by atoms with Gasteiger partial charge in [0.05, 0.1) is 12.1 Å². The Morgan fingerprint density at radius 1 is 1.64 bits per heavy atom. The van der Waals surface area contributed by atoms with Crippen LogP contribution < -0.4 is 10.6 Å². The molecule has 1 aromatic heterocycles. The molecule has 1 aromatic rings. The third-order valence-electron chi connectivity index (χ3n) is 1.64. The Morgan fingerprint density at radius 3 is 3.14 bits per heavy atom. The molecule has 0 atom stereocenters. The van der Waals surface area contributed by atoms with E-state index in [1.54, 1.807) is 16.8 Å². The molecule has 0 radical (unpaired) electrons. The Labute approximate surface area is 87.7 Å². The lowest BCUT2D eigenvalue weighted by Crippen LogP contribution is -2.33. The number of carbonyl (C=O) groups excluding carboxylic acids is 1. The van der Waals surface area contributed by atoms with Gasteiger partial charge in [0.15, 0.2) is 0 Å². The van der Waals surface area contributed by atoms with Gasteiger partial charge < -0.3 is 10.6 Å². The second-order valence-corrected chi connectivity index (χ2v) is 3.89. The maximum Gasteiger partial charge on any atom is 0.233 e. The van der Waals surface area contributed by atoms with Crippen molar-refractivity contribution in [1.82, 2.24) is 15.6 Å². The van der Waals surface area contributed by atoms with Crippen LogP contribution in [-0.4, -0.2) is 24.0 Å². The van der Waals surface area contributed by atoms with E-state index in [4.69, 9.17) is 0 Å². The molecule has 0 aliphatic carbocycles. The number of hydrogen-bond acceptors (Lipinski definition) is 4. The minimum atomic E-state index is 0.0522. The zero-order chi connectivity index (χ0) is 10.2. The van der Waals surface area contributed by atoms with E-state index in [0.717, 1.165) is 17.8 Å². The smallest absolute Gasteiger partial charge is 0.233 e. The number of carbonyl (C=O) groups is 1. The van der Waals surface area contributed by atoms with E-state index in [1.165, 1.54) is 0 Å². The molecule has 0 spiro atoms. The van der Waals surface area contributed by atoms with Crippen LogP contribution in [0.1, 0.15) is 18.2 Å². The van der Waals surface area contributed by atoms with Crippen LogP contribution in [-0.2, 0) is 11.3 Å². The Bertz CT molecular complexity index is 261. The first-order chi connectivity index (χ1) is 6.83. The maximum atomic E-state index is 11.1. The molecule has 0 unspecified atom stereocenters. The minimum Gasteiger partial charge on any atom is -0.355 e. The van der Waals surface area contributed by atoms with Crippen LogP contribution in [0.3, 0.4) is 0 Å². The summed E-state index contributed by atoms with van der Waals surface area (Å²) < 4.78 is 0. The number of aromatic nitrogens is 1. The quantitative estimate of drug-likeness (QED) is 0.733. The van der Waals surface area contributed by atoms with Crippen molar-refractivity contribution in [3.05, 3.63) is 16.6 Å². The molecule has 78 valence electrons. The number of amides is 1. The molecule has 1 rings (SSSR count). The first-order valence-electron chi connectivity index (χ1n) is 4.67. The molecular weight excluding hydrogens is 198 g/mol. The van der Waals surface area contributed by atoms with Crippen molar-refractivity contribution in [3.8, 4) is 0 Å². The highest BCUT2D eigenvalue weighted by molar-refractivity contribution is 7.09. The first kappa shape index (κ1) is 11.1. The first-order valence-corrected chi connectivity index (χ1v) is 5.55. The number of thiazole rings is 1. The van der Waals surface area contributed by atoms with Crippen molar-refractivity contribution in [2.24, 2.45) is 0 Å². The van der Waals surface area contributed by atoms with Crippen molar-refractivity contribution in [2.75, 3.05) is 13.1 Å². The fourth-order valence-corrected chi connectivity index (χ4v) is 1.52. The van der Waals surface area contributed by atoms with Gasteiger partial charge in [-0.1, -0.05) is 6.92 Å². The summed E-state index contributed by atoms with van der Waals surface area (Å²) in [5, 5.41) is 5.85. The van der Waals surface area contributed by atoms with Gasteiger partial charge in [-0.2, -0.15) is 0 Å². The Kier molecular flexibility index (Phi) is 5.17. The van der Waals surface area contributed by atoms with Crippen LogP contribution in [0.4, 0.5) is 0 Å². The van der Waals surface area contributed by atoms with Gasteiger partial charge in [-0.05, 0) is 6.42 Å². The van der Waals surface area contributed by atoms with E-state index in [1.807, 2.05) is 13.1 Å². The summed E-state index contributed by atoms with van der Waals surface area (Å²) in [6.45, 7) is 3.87. The van der Waals surface area contributed by atoms with Gasteiger partial charge >= 0.3 is 0 Å². The van der Waals surface area contributed by atoms with Crippen LogP contribution in [0.2, 0.25) is 0 Å². The summed E-state index contributed by atoms with van der Waals surface area (Å²) in [4.78, 5) is 16.2. The number of nitrogens with zero attached hydrogens (tertiary/aromatic N) is 1. The summed E-state index contributed by atoms with van der Waals surface area (Å²) in [7, 11) is 0. The Hall–Kier alpha value is -0.940. The highest BCUT2D eigenvalue weighted by Crippen LogP contribution is 2.03. The number of hydrogen-bond donors (Lipinski definition) is 2. The maximum absolute atomic E-state index is 11.1. The van der Waals surface area contributed by atoms with Crippen molar-refractivity contribution < 1.29 is 4.79 Å². The molecule has 0 bridgehead atoms. The lowest BCUT2D eigenvalue weighted by Gasteiger charge is -2.03. The largest absolute Gasteiger partial charge is 0.355 e. The van der Waals surface area contributed by atoms with Crippen LogP contribution in [0.25, 0.3) is 0 Å². The molecular formula is C9H15N3OS. The van der Waals surface area contributed by atoms with Gasteiger partial charge in [0, 0.05) is 24.2 Å². The lowest BCUT2D eigenvalue weighted by atomic mass is 10.4. The van der Waals surface area contributed by atoms with E-state index in [-0.39, 0.29) is 5.91 Å². The van der Waals surface area contributed by atoms with E-state index in [9.17, 15) is 4.79 Å². The second-order valence-electron chi connectivity index (χ2n) is 2.92. The zero-order valence-electron chi connectivity index (χ0n) is 8.25. The van der Waals surface area contributed by atoms with Gasteiger partial charge in [-0.25, -0.2) is 0 Å². The summed E-state index contributed by atoms with van der Waals surface area (Å²) >= 11 is 1.59. The fraction of sp³-hybridized carbons (Fsp3) is 0.556. The van der Waals surface area contributed by atoms with Crippen molar-refractivity contribution >= 4 is 17.2 Å². The SMILES string of the molecule is CCCNC(=O)CNCc1cncs1. The number of nitrogens with one attached hydrogen (secondary N) is 2. The van der Waals surface area contributed by atoms with Crippen molar-refractivity contribution in [3.63, 3.8) is 0 Å². The summed E-state index contributed by atoms with van der Waals surface area (Å²) in [5.41, 5.74) is 1.79. The zero-order valence-corrected chi connectivity index (χ0v) is 9.06. The van der Waals surface area contributed by atoms with Gasteiger partial charge in [-0.15, -0.1) is 11.3 Å². The van der Waals surface area contributed by atoms with Gasteiger partial charge in [-0.3, -0.25) is 9.78 Å². The molecule has 0 aliphatic rings. The minimum absolute atomic E-state index is 0.0522. The van der Waals surface area contributed by atoms with E-state index >= 15 is 0 Å². The Morgan fingerprint density at radius 2 is 2.50 bits per heavy atom. The van der Waals surface area contributed by atoms with Crippen LogP contribution in [0.15, 0.2) is 11.7 Å². The molecule has 0 fully saturated rings. The van der Waals surface area contributed by atoms with Crippen molar-refractivity contribution in [1.29, 1.82) is 0 Å².